The first-order valence-corrected chi connectivity index (χ1v) is 8.78. The average Bonchev–Trinajstić information content (AvgIpc) is 3.31. The Morgan fingerprint density at radius 1 is 1.14 bits per heavy atom. The van der Waals surface area contributed by atoms with Crippen molar-refractivity contribution in [3.63, 3.8) is 0 Å². The maximum Gasteiger partial charge on any atom is 0.330 e. The van der Waals surface area contributed by atoms with Crippen molar-refractivity contribution in [2.45, 2.75) is 13.2 Å². The Kier molecular flexibility index (Phi) is 5.05. The molecule has 0 spiro atoms. The Hall–Kier alpha value is -3.59. The van der Waals surface area contributed by atoms with Gasteiger partial charge in [0, 0.05) is 30.6 Å². The molecule has 0 radical (unpaired) electrons. The molecule has 1 N–H and O–H groups in total. The van der Waals surface area contributed by atoms with Crippen molar-refractivity contribution in [3.05, 3.63) is 88.4 Å². The quantitative estimate of drug-likeness (QED) is 0.543. The molecule has 0 aliphatic rings. The summed E-state index contributed by atoms with van der Waals surface area (Å²) in [5.74, 6) is -0.149. The topological polar surface area (TPSA) is 77.7 Å². The van der Waals surface area contributed by atoms with Crippen LogP contribution in [0.3, 0.4) is 0 Å². The maximum atomic E-state index is 14.1. The Morgan fingerprint density at radius 3 is 2.62 bits per heavy atom. The summed E-state index contributed by atoms with van der Waals surface area (Å²) in [4.78, 5) is 18.8. The van der Waals surface area contributed by atoms with E-state index in [0.717, 1.165) is 18.2 Å². The van der Waals surface area contributed by atoms with Crippen LogP contribution in [-0.2, 0) is 17.9 Å². The van der Waals surface area contributed by atoms with Crippen molar-refractivity contribution in [2.24, 2.45) is 0 Å². The first-order chi connectivity index (χ1) is 14.0. The third-order valence-electron chi connectivity index (χ3n) is 4.37. The number of nitrogens with one attached hydrogen (secondary N) is 1. The zero-order valence-electron chi connectivity index (χ0n) is 15.5. The van der Waals surface area contributed by atoms with Crippen LogP contribution in [-0.4, -0.2) is 31.4 Å². The molecule has 29 heavy (non-hydrogen) atoms. The van der Waals surface area contributed by atoms with E-state index in [0.29, 0.717) is 22.9 Å². The van der Waals surface area contributed by atoms with Crippen LogP contribution in [0.2, 0.25) is 0 Å². The van der Waals surface area contributed by atoms with E-state index in [9.17, 15) is 13.6 Å². The summed E-state index contributed by atoms with van der Waals surface area (Å²) in [6, 6.07) is 10.4. The SMILES string of the molecule is COCc1nc(-c2ccc(-n3cc[nH]c3=O)cc2)n(Cc2cc(F)ccc2F)n1. The molecule has 4 rings (SSSR count). The van der Waals surface area contributed by atoms with E-state index in [1.54, 1.807) is 36.7 Å². The highest BCUT2D eigenvalue weighted by Gasteiger charge is 2.15. The third-order valence-corrected chi connectivity index (χ3v) is 4.37. The zero-order chi connectivity index (χ0) is 20.4. The van der Waals surface area contributed by atoms with E-state index in [2.05, 4.69) is 15.1 Å². The van der Waals surface area contributed by atoms with Gasteiger partial charge in [0.2, 0.25) is 0 Å². The Balaban J connectivity index is 1.72. The van der Waals surface area contributed by atoms with Crippen LogP contribution in [0.5, 0.6) is 0 Å². The lowest BCUT2D eigenvalue weighted by Crippen LogP contribution is -2.13. The second kappa shape index (κ2) is 7.80. The molecule has 2 aromatic heterocycles. The summed E-state index contributed by atoms with van der Waals surface area (Å²) in [5, 5.41) is 4.36. The molecule has 2 heterocycles. The van der Waals surface area contributed by atoms with Crippen LogP contribution in [0.25, 0.3) is 17.1 Å². The van der Waals surface area contributed by atoms with Crippen LogP contribution in [0.1, 0.15) is 11.4 Å². The lowest BCUT2D eigenvalue weighted by Gasteiger charge is -2.08. The number of aromatic nitrogens is 5. The largest absolute Gasteiger partial charge is 0.377 e. The lowest BCUT2D eigenvalue weighted by atomic mass is 10.1. The Bertz CT molecular complexity index is 1190. The summed E-state index contributed by atoms with van der Waals surface area (Å²) >= 11 is 0. The molecule has 0 saturated carbocycles. The Morgan fingerprint density at radius 2 is 1.93 bits per heavy atom. The van der Waals surface area contributed by atoms with Crippen molar-refractivity contribution >= 4 is 0 Å². The molecule has 0 bridgehead atoms. The number of imidazole rings is 1. The molecule has 0 saturated heterocycles. The minimum atomic E-state index is -0.526. The molecule has 4 aromatic rings. The minimum Gasteiger partial charge on any atom is -0.377 e. The van der Waals surface area contributed by atoms with Gasteiger partial charge in [-0.2, -0.15) is 5.10 Å². The van der Waals surface area contributed by atoms with Crippen molar-refractivity contribution < 1.29 is 13.5 Å². The second-order valence-corrected chi connectivity index (χ2v) is 6.36. The van der Waals surface area contributed by atoms with Gasteiger partial charge in [-0.15, -0.1) is 0 Å². The van der Waals surface area contributed by atoms with Gasteiger partial charge in [-0.05, 0) is 42.5 Å². The molecule has 0 fully saturated rings. The smallest absolute Gasteiger partial charge is 0.330 e. The van der Waals surface area contributed by atoms with Gasteiger partial charge in [0.05, 0.1) is 12.2 Å². The summed E-state index contributed by atoms with van der Waals surface area (Å²) in [7, 11) is 1.52. The van der Waals surface area contributed by atoms with E-state index in [-0.39, 0.29) is 24.4 Å². The van der Waals surface area contributed by atoms with Gasteiger partial charge in [0.15, 0.2) is 11.6 Å². The van der Waals surface area contributed by atoms with Crippen molar-refractivity contribution in [3.8, 4) is 17.1 Å². The number of halogens is 2. The molecular weight excluding hydrogens is 380 g/mol. The summed E-state index contributed by atoms with van der Waals surface area (Å²) < 4.78 is 35.7. The van der Waals surface area contributed by atoms with E-state index in [1.165, 1.54) is 16.4 Å². The van der Waals surface area contributed by atoms with Gasteiger partial charge in [-0.25, -0.2) is 23.2 Å². The molecule has 7 nitrogen and oxygen atoms in total. The normalized spacial score (nSPS) is 11.1. The number of hydrogen-bond donors (Lipinski definition) is 1. The standard InChI is InChI=1S/C20H17F2N5O2/c1-29-12-18-24-19(27(25-18)11-14-10-15(21)4-7-17(14)22)13-2-5-16(6-3-13)26-9-8-23-20(26)28/h2-10H,11-12H2,1H3,(H,23,28). The molecule has 0 aliphatic heterocycles. The van der Waals surface area contributed by atoms with Crippen molar-refractivity contribution in [2.75, 3.05) is 7.11 Å². The minimum absolute atomic E-state index is 0.00859. The van der Waals surface area contributed by atoms with Crippen LogP contribution in [0, 0.1) is 11.6 Å². The zero-order valence-corrected chi connectivity index (χ0v) is 15.5. The fraction of sp³-hybridized carbons (Fsp3) is 0.150. The maximum absolute atomic E-state index is 14.1. The molecule has 0 unspecified atom stereocenters. The fourth-order valence-electron chi connectivity index (χ4n) is 3.02. The third kappa shape index (κ3) is 3.85. The van der Waals surface area contributed by atoms with Gasteiger partial charge in [0.1, 0.15) is 18.2 Å². The number of nitrogens with zero attached hydrogens (tertiary/aromatic N) is 4. The van der Waals surface area contributed by atoms with Gasteiger partial charge in [-0.3, -0.25) is 4.57 Å². The van der Waals surface area contributed by atoms with Crippen molar-refractivity contribution in [1.29, 1.82) is 0 Å². The molecular formula is C20H17F2N5O2. The number of ether oxygens (including phenoxy) is 1. The fourth-order valence-corrected chi connectivity index (χ4v) is 3.02. The molecule has 148 valence electrons. The number of methoxy groups -OCH3 is 1. The number of aromatic amines is 1. The predicted molar refractivity (Wildman–Crippen MR) is 102 cm³/mol. The van der Waals surface area contributed by atoms with E-state index in [1.807, 2.05) is 0 Å². The summed E-state index contributed by atoms with van der Waals surface area (Å²) in [6.45, 7) is 0.192. The molecule has 0 atom stereocenters. The van der Waals surface area contributed by atoms with E-state index in [4.69, 9.17) is 4.74 Å². The number of rotatable bonds is 6. The first kappa shape index (κ1) is 18.8. The van der Waals surface area contributed by atoms with Crippen LogP contribution in [0.4, 0.5) is 8.78 Å². The van der Waals surface area contributed by atoms with Crippen molar-refractivity contribution in [1.82, 2.24) is 24.3 Å². The van der Waals surface area contributed by atoms with E-state index < -0.39 is 11.6 Å². The van der Waals surface area contributed by atoms with Gasteiger partial charge in [0.25, 0.3) is 0 Å². The molecule has 0 aliphatic carbocycles. The highest BCUT2D eigenvalue weighted by molar-refractivity contribution is 5.57. The first-order valence-electron chi connectivity index (χ1n) is 8.78. The van der Waals surface area contributed by atoms with Crippen LogP contribution in [0.15, 0.2) is 59.7 Å². The van der Waals surface area contributed by atoms with E-state index >= 15 is 0 Å². The van der Waals surface area contributed by atoms with Gasteiger partial charge < -0.3 is 9.72 Å². The highest BCUT2D eigenvalue weighted by atomic mass is 19.1. The molecule has 0 amide bonds. The van der Waals surface area contributed by atoms with Gasteiger partial charge >= 0.3 is 5.69 Å². The summed E-state index contributed by atoms with van der Waals surface area (Å²) in [6.07, 6.45) is 3.18. The van der Waals surface area contributed by atoms with Crippen LogP contribution >= 0.6 is 0 Å². The second-order valence-electron chi connectivity index (χ2n) is 6.36. The predicted octanol–water partition coefficient (Wildman–Crippen LogP) is 2.90. The average molecular weight is 397 g/mol. The monoisotopic (exact) mass is 397 g/mol. The van der Waals surface area contributed by atoms with Crippen LogP contribution < -0.4 is 5.69 Å². The highest BCUT2D eigenvalue weighted by Crippen LogP contribution is 2.21. The number of H-pyrrole nitrogens is 1. The lowest BCUT2D eigenvalue weighted by molar-refractivity contribution is 0.177. The van der Waals surface area contributed by atoms with Gasteiger partial charge in [-0.1, -0.05) is 0 Å². The molecule has 9 heteroatoms. The number of benzene rings is 2. The Labute approximate surface area is 164 Å². The molecule has 2 aromatic carbocycles. The number of hydrogen-bond acceptors (Lipinski definition) is 4. The summed E-state index contributed by atoms with van der Waals surface area (Å²) in [5.41, 5.74) is 1.31.